The van der Waals surface area contributed by atoms with Gasteiger partial charge in [-0.15, -0.1) is 0 Å². The van der Waals surface area contributed by atoms with Crippen LogP contribution in [0, 0.1) is 0 Å². The highest BCUT2D eigenvalue weighted by atomic mass is 16.5. The summed E-state index contributed by atoms with van der Waals surface area (Å²) in [6.07, 6.45) is 2.82. The van der Waals surface area contributed by atoms with Crippen LogP contribution < -0.4 is 9.47 Å². The van der Waals surface area contributed by atoms with E-state index in [2.05, 4.69) is 17.1 Å². The summed E-state index contributed by atoms with van der Waals surface area (Å²) in [5.74, 6) is 1.26. The van der Waals surface area contributed by atoms with Crippen LogP contribution in [0.1, 0.15) is 67.7 Å². The molecule has 192 valence electrons. The van der Waals surface area contributed by atoms with Gasteiger partial charge in [-0.05, 0) is 56.5 Å². The van der Waals surface area contributed by atoms with Crippen LogP contribution in [0.2, 0.25) is 0 Å². The number of amides is 1. The van der Waals surface area contributed by atoms with E-state index in [9.17, 15) is 9.90 Å². The number of nitrogens with one attached hydrogen (secondary N) is 1. The number of hydrogen-bond donors (Lipinski definition) is 2. The summed E-state index contributed by atoms with van der Waals surface area (Å²) in [6.45, 7) is 7.78. The molecule has 3 aromatic rings. The fourth-order valence-electron chi connectivity index (χ4n) is 4.51. The van der Waals surface area contributed by atoms with Crippen LogP contribution in [0.5, 0.6) is 17.2 Å². The standard InChI is InChI=1S/C28H35N3O5/c1-5-6-15-36-22-13-12-19(17-23(22)34-4)27-24-25(20-10-7-8-11-21(20)32)29-30-26(24)28(33)31(27)14-9-16-35-18(2)3/h7-8,10-13,17-18,27,32H,5-6,9,14-16H2,1-4H3,(H,29,30). The number of carbonyl (C=O) groups excluding carboxylic acids is 1. The lowest BCUT2D eigenvalue weighted by Gasteiger charge is -2.27. The average Bonchev–Trinajstić information content (AvgIpc) is 3.41. The van der Waals surface area contributed by atoms with E-state index < -0.39 is 6.04 Å². The minimum atomic E-state index is -0.404. The first kappa shape index (κ1) is 25.6. The minimum Gasteiger partial charge on any atom is -0.507 e. The predicted molar refractivity (Wildman–Crippen MR) is 138 cm³/mol. The number of methoxy groups -OCH3 is 1. The lowest BCUT2D eigenvalue weighted by molar-refractivity contribution is 0.0601. The highest BCUT2D eigenvalue weighted by Crippen LogP contribution is 2.45. The number of fused-ring (bicyclic) bond motifs is 1. The van der Waals surface area contributed by atoms with Crippen molar-refractivity contribution in [1.29, 1.82) is 0 Å². The Morgan fingerprint density at radius 1 is 1.11 bits per heavy atom. The zero-order valence-corrected chi connectivity index (χ0v) is 21.4. The van der Waals surface area contributed by atoms with Gasteiger partial charge >= 0.3 is 0 Å². The van der Waals surface area contributed by atoms with Crippen molar-refractivity contribution in [1.82, 2.24) is 15.1 Å². The molecule has 0 radical (unpaired) electrons. The summed E-state index contributed by atoms with van der Waals surface area (Å²) in [4.78, 5) is 15.4. The maximum absolute atomic E-state index is 13.5. The SMILES string of the molecule is CCCCOc1ccc(C2c3c(-c4ccccc4O)n[nH]c3C(=O)N2CCCOC(C)C)cc1OC. The summed E-state index contributed by atoms with van der Waals surface area (Å²) >= 11 is 0. The molecule has 1 atom stereocenters. The normalized spacial score (nSPS) is 15.0. The summed E-state index contributed by atoms with van der Waals surface area (Å²) < 4.78 is 17.3. The average molecular weight is 494 g/mol. The van der Waals surface area contributed by atoms with Crippen molar-refractivity contribution < 1.29 is 24.1 Å². The molecular weight excluding hydrogens is 458 g/mol. The number of phenols is 1. The monoisotopic (exact) mass is 493 g/mol. The van der Waals surface area contributed by atoms with Gasteiger partial charge in [0.25, 0.3) is 5.91 Å². The van der Waals surface area contributed by atoms with Crippen molar-refractivity contribution in [2.75, 3.05) is 26.9 Å². The Morgan fingerprint density at radius 2 is 1.92 bits per heavy atom. The number of para-hydroxylation sites is 1. The molecule has 4 rings (SSSR count). The molecule has 0 saturated heterocycles. The van der Waals surface area contributed by atoms with E-state index in [1.807, 2.05) is 43.0 Å². The van der Waals surface area contributed by atoms with Crippen LogP contribution in [0.25, 0.3) is 11.3 Å². The Kier molecular flexibility index (Phi) is 8.15. The van der Waals surface area contributed by atoms with Gasteiger partial charge in [-0.3, -0.25) is 9.89 Å². The molecular formula is C28H35N3O5. The number of hydrogen-bond acceptors (Lipinski definition) is 6. The third-order valence-corrected chi connectivity index (χ3v) is 6.28. The van der Waals surface area contributed by atoms with Crippen LogP contribution in [0.15, 0.2) is 42.5 Å². The third-order valence-electron chi connectivity index (χ3n) is 6.28. The second-order valence-electron chi connectivity index (χ2n) is 9.16. The smallest absolute Gasteiger partial charge is 0.273 e. The fourth-order valence-corrected chi connectivity index (χ4v) is 4.51. The summed E-state index contributed by atoms with van der Waals surface area (Å²) in [7, 11) is 1.61. The highest BCUT2D eigenvalue weighted by Gasteiger charge is 2.42. The molecule has 2 heterocycles. The first-order valence-corrected chi connectivity index (χ1v) is 12.6. The van der Waals surface area contributed by atoms with Crippen molar-refractivity contribution >= 4 is 5.91 Å². The number of ether oxygens (including phenoxy) is 3. The quantitative estimate of drug-likeness (QED) is 0.331. The number of rotatable bonds is 12. The van der Waals surface area contributed by atoms with Gasteiger partial charge in [-0.25, -0.2) is 0 Å². The van der Waals surface area contributed by atoms with E-state index in [0.29, 0.717) is 54.6 Å². The molecule has 0 bridgehead atoms. The predicted octanol–water partition coefficient (Wildman–Crippen LogP) is 5.33. The van der Waals surface area contributed by atoms with E-state index >= 15 is 0 Å². The topological polar surface area (TPSA) is 96.9 Å². The number of aromatic nitrogens is 2. The molecule has 1 unspecified atom stereocenters. The number of benzene rings is 2. The van der Waals surface area contributed by atoms with Crippen LogP contribution >= 0.6 is 0 Å². The number of aromatic hydroxyl groups is 1. The Balaban J connectivity index is 1.74. The maximum Gasteiger partial charge on any atom is 0.273 e. The van der Waals surface area contributed by atoms with Gasteiger partial charge in [0.05, 0.1) is 25.9 Å². The van der Waals surface area contributed by atoms with E-state index in [1.165, 1.54) is 0 Å². The van der Waals surface area contributed by atoms with E-state index in [-0.39, 0.29) is 17.8 Å². The number of carbonyl (C=O) groups is 1. The molecule has 36 heavy (non-hydrogen) atoms. The Morgan fingerprint density at radius 3 is 2.64 bits per heavy atom. The minimum absolute atomic E-state index is 0.110. The first-order valence-electron chi connectivity index (χ1n) is 12.6. The number of unbranched alkanes of at least 4 members (excludes halogenated alkanes) is 1. The molecule has 0 spiro atoms. The van der Waals surface area contributed by atoms with Gasteiger partial charge in [0.15, 0.2) is 11.5 Å². The molecule has 1 aromatic heterocycles. The molecule has 2 aromatic carbocycles. The maximum atomic E-state index is 13.5. The van der Waals surface area contributed by atoms with Gasteiger partial charge in [0.1, 0.15) is 17.1 Å². The fraction of sp³-hybridized carbons (Fsp3) is 0.429. The Labute approximate surface area is 212 Å². The molecule has 1 amide bonds. The van der Waals surface area contributed by atoms with Crippen molar-refractivity contribution in [3.8, 4) is 28.5 Å². The number of H-pyrrole nitrogens is 1. The lowest BCUT2D eigenvalue weighted by Crippen LogP contribution is -2.31. The van der Waals surface area contributed by atoms with Crippen molar-refractivity contribution in [3.05, 3.63) is 59.3 Å². The largest absolute Gasteiger partial charge is 0.507 e. The number of phenolic OH excluding ortho intramolecular Hbond substituents is 1. The highest BCUT2D eigenvalue weighted by molar-refractivity contribution is 6.00. The molecule has 0 fully saturated rings. The molecule has 0 saturated carbocycles. The number of nitrogens with zero attached hydrogens (tertiary/aromatic N) is 2. The summed E-state index contributed by atoms with van der Waals surface area (Å²) in [5, 5.41) is 17.9. The molecule has 0 aliphatic carbocycles. The molecule has 2 N–H and O–H groups in total. The first-order chi connectivity index (χ1) is 17.5. The van der Waals surface area contributed by atoms with Gasteiger partial charge in [0, 0.05) is 24.3 Å². The molecule has 1 aliphatic heterocycles. The van der Waals surface area contributed by atoms with Gasteiger partial charge in [-0.1, -0.05) is 31.5 Å². The van der Waals surface area contributed by atoms with Crippen LogP contribution in [-0.2, 0) is 4.74 Å². The van der Waals surface area contributed by atoms with Gasteiger partial charge < -0.3 is 24.2 Å². The van der Waals surface area contributed by atoms with Crippen LogP contribution in [-0.4, -0.2) is 59.1 Å². The summed E-state index contributed by atoms with van der Waals surface area (Å²) in [6, 6.07) is 12.4. The molecule has 8 nitrogen and oxygen atoms in total. The van der Waals surface area contributed by atoms with E-state index in [4.69, 9.17) is 14.2 Å². The van der Waals surface area contributed by atoms with Crippen molar-refractivity contribution in [2.45, 2.75) is 52.2 Å². The van der Waals surface area contributed by atoms with Crippen LogP contribution in [0.3, 0.4) is 0 Å². The third kappa shape index (κ3) is 5.18. The van der Waals surface area contributed by atoms with Gasteiger partial charge in [-0.2, -0.15) is 5.10 Å². The summed E-state index contributed by atoms with van der Waals surface area (Å²) in [5.41, 5.74) is 3.19. The van der Waals surface area contributed by atoms with Crippen LogP contribution in [0.4, 0.5) is 0 Å². The second kappa shape index (κ2) is 11.5. The Bertz CT molecular complexity index is 1190. The zero-order chi connectivity index (χ0) is 25.7. The number of aromatic amines is 1. The van der Waals surface area contributed by atoms with Gasteiger partial charge in [0.2, 0.25) is 0 Å². The molecule has 1 aliphatic rings. The molecule has 8 heteroatoms. The van der Waals surface area contributed by atoms with E-state index in [1.54, 1.807) is 25.3 Å². The lowest BCUT2D eigenvalue weighted by atomic mass is 9.95. The zero-order valence-electron chi connectivity index (χ0n) is 21.4. The van der Waals surface area contributed by atoms with E-state index in [0.717, 1.165) is 24.0 Å². The van der Waals surface area contributed by atoms with Crippen molar-refractivity contribution in [3.63, 3.8) is 0 Å². The second-order valence-corrected chi connectivity index (χ2v) is 9.16. The Hall–Kier alpha value is -3.52. The van der Waals surface area contributed by atoms with Crippen molar-refractivity contribution in [2.24, 2.45) is 0 Å².